The third kappa shape index (κ3) is 3.34. The minimum absolute atomic E-state index is 0.0448. The Morgan fingerprint density at radius 2 is 2.08 bits per heavy atom. The monoisotopic (exact) mass is 358 g/mol. The predicted octanol–water partition coefficient (Wildman–Crippen LogP) is 4.45. The van der Waals surface area contributed by atoms with E-state index in [2.05, 4.69) is 4.99 Å². The first-order chi connectivity index (χ1) is 11.7. The topological polar surface area (TPSA) is 34.1 Å². The molecule has 0 aliphatic carbocycles. The first kappa shape index (κ1) is 19.6. The minimum atomic E-state index is -4.50. The Labute approximate surface area is 146 Å². The number of amidine groups is 1. The molecule has 140 valence electrons. The SMILES string of the molecule is CCN(C(C)=NC)c1cc(OC)c(C2(C(F)(F)F)CCCO2)cc1C. The third-order valence-electron chi connectivity index (χ3n) is 4.75. The number of benzene rings is 1. The van der Waals surface area contributed by atoms with E-state index in [9.17, 15) is 13.2 Å². The Hall–Kier alpha value is -1.76. The van der Waals surface area contributed by atoms with E-state index in [0.717, 1.165) is 17.1 Å². The molecule has 25 heavy (non-hydrogen) atoms. The third-order valence-corrected chi connectivity index (χ3v) is 4.75. The summed E-state index contributed by atoms with van der Waals surface area (Å²) >= 11 is 0. The quantitative estimate of drug-likeness (QED) is 0.589. The number of hydrogen-bond acceptors (Lipinski definition) is 3. The van der Waals surface area contributed by atoms with Gasteiger partial charge in [0.25, 0.3) is 0 Å². The highest BCUT2D eigenvalue weighted by Crippen LogP contribution is 2.52. The van der Waals surface area contributed by atoms with Crippen LogP contribution in [0.5, 0.6) is 5.75 Å². The summed E-state index contributed by atoms with van der Waals surface area (Å²) in [7, 11) is 3.07. The molecule has 2 rings (SSSR count). The van der Waals surface area contributed by atoms with E-state index in [-0.39, 0.29) is 24.3 Å². The van der Waals surface area contributed by atoms with Crippen molar-refractivity contribution in [2.45, 2.75) is 45.4 Å². The molecule has 4 nitrogen and oxygen atoms in total. The molecule has 0 bridgehead atoms. The molecule has 1 atom stereocenters. The maximum Gasteiger partial charge on any atom is 0.421 e. The van der Waals surface area contributed by atoms with Gasteiger partial charge in [-0.1, -0.05) is 0 Å². The highest BCUT2D eigenvalue weighted by atomic mass is 19.4. The molecule has 1 saturated heterocycles. The lowest BCUT2D eigenvalue weighted by Gasteiger charge is -2.34. The summed E-state index contributed by atoms with van der Waals surface area (Å²) < 4.78 is 52.1. The number of halogens is 3. The van der Waals surface area contributed by atoms with Crippen LogP contribution in [0.15, 0.2) is 17.1 Å². The molecule has 1 unspecified atom stereocenters. The van der Waals surface area contributed by atoms with Gasteiger partial charge in [-0.05, 0) is 45.2 Å². The maximum absolute atomic E-state index is 13.8. The molecular formula is C18H25F3N2O2. The molecule has 0 amide bonds. The molecule has 0 N–H and O–H groups in total. The summed E-state index contributed by atoms with van der Waals surface area (Å²) in [6, 6.07) is 3.19. The van der Waals surface area contributed by atoms with Gasteiger partial charge in [0.1, 0.15) is 5.75 Å². The van der Waals surface area contributed by atoms with Gasteiger partial charge in [-0.3, -0.25) is 4.99 Å². The van der Waals surface area contributed by atoms with Gasteiger partial charge >= 0.3 is 6.18 Å². The number of methoxy groups -OCH3 is 1. The Balaban J connectivity index is 2.64. The van der Waals surface area contributed by atoms with E-state index in [0.29, 0.717) is 13.0 Å². The van der Waals surface area contributed by atoms with Gasteiger partial charge in [-0.2, -0.15) is 13.2 Å². The summed E-state index contributed by atoms with van der Waals surface area (Å²) in [5.74, 6) is 0.963. The molecular weight excluding hydrogens is 333 g/mol. The van der Waals surface area contributed by atoms with Crippen LogP contribution >= 0.6 is 0 Å². The fourth-order valence-corrected chi connectivity index (χ4v) is 3.38. The van der Waals surface area contributed by atoms with Gasteiger partial charge in [0, 0.05) is 37.5 Å². The van der Waals surface area contributed by atoms with Crippen molar-refractivity contribution >= 4 is 11.5 Å². The molecule has 1 heterocycles. The summed E-state index contributed by atoms with van der Waals surface area (Å²) in [6.07, 6.45) is -4.24. The van der Waals surface area contributed by atoms with Crippen LogP contribution in [0, 0.1) is 6.92 Å². The van der Waals surface area contributed by atoms with Crippen molar-refractivity contribution in [3.63, 3.8) is 0 Å². The standard InChI is InChI=1S/C18H25F3N2O2/c1-6-23(13(3)22-4)15-11-16(24-5)14(10-12(15)2)17(18(19,20)21)8-7-9-25-17/h10-11H,6-9H2,1-5H3. The van der Waals surface area contributed by atoms with E-state index in [1.807, 2.05) is 18.7 Å². The van der Waals surface area contributed by atoms with Gasteiger partial charge in [-0.15, -0.1) is 0 Å². The van der Waals surface area contributed by atoms with Crippen LogP contribution in [0.1, 0.15) is 37.8 Å². The molecule has 1 aliphatic heterocycles. The van der Waals surface area contributed by atoms with Crippen LogP contribution in [-0.4, -0.2) is 39.3 Å². The van der Waals surface area contributed by atoms with Gasteiger partial charge in [0.15, 0.2) is 5.60 Å². The van der Waals surface area contributed by atoms with Crippen molar-refractivity contribution in [2.75, 3.05) is 32.2 Å². The fraction of sp³-hybridized carbons (Fsp3) is 0.611. The van der Waals surface area contributed by atoms with Crippen molar-refractivity contribution in [3.05, 3.63) is 23.3 Å². The number of aryl methyl sites for hydroxylation is 1. The molecule has 1 aromatic carbocycles. The van der Waals surface area contributed by atoms with Crippen LogP contribution < -0.4 is 9.64 Å². The molecule has 1 fully saturated rings. The Bertz CT molecular complexity index is 650. The molecule has 0 spiro atoms. The average molecular weight is 358 g/mol. The minimum Gasteiger partial charge on any atom is -0.496 e. The van der Waals surface area contributed by atoms with Crippen molar-refractivity contribution in [2.24, 2.45) is 4.99 Å². The summed E-state index contributed by atoms with van der Waals surface area (Å²) in [4.78, 5) is 6.12. The van der Waals surface area contributed by atoms with E-state index in [4.69, 9.17) is 9.47 Å². The number of ether oxygens (including phenoxy) is 2. The summed E-state index contributed by atoms with van der Waals surface area (Å²) in [6.45, 7) is 6.36. The van der Waals surface area contributed by atoms with E-state index in [1.54, 1.807) is 26.1 Å². The Morgan fingerprint density at radius 1 is 1.40 bits per heavy atom. The van der Waals surface area contributed by atoms with Crippen molar-refractivity contribution in [1.82, 2.24) is 0 Å². The lowest BCUT2D eigenvalue weighted by atomic mass is 9.87. The highest BCUT2D eigenvalue weighted by molar-refractivity contribution is 5.96. The molecule has 1 aromatic rings. The van der Waals surface area contributed by atoms with Crippen molar-refractivity contribution in [1.29, 1.82) is 0 Å². The molecule has 0 saturated carbocycles. The van der Waals surface area contributed by atoms with Gasteiger partial charge in [-0.25, -0.2) is 0 Å². The van der Waals surface area contributed by atoms with E-state index >= 15 is 0 Å². The second-order valence-corrected chi connectivity index (χ2v) is 6.13. The zero-order valence-electron chi connectivity index (χ0n) is 15.3. The van der Waals surface area contributed by atoms with Gasteiger partial charge in [0.2, 0.25) is 0 Å². The normalized spacial score (nSPS) is 21.5. The Kier molecular flexibility index (Phi) is 5.66. The lowest BCUT2D eigenvalue weighted by molar-refractivity contribution is -0.269. The first-order valence-electron chi connectivity index (χ1n) is 8.32. The molecule has 1 aliphatic rings. The number of rotatable bonds is 4. The number of anilines is 1. The highest BCUT2D eigenvalue weighted by Gasteiger charge is 2.60. The zero-order chi connectivity index (χ0) is 18.8. The first-order valence-corrected chi connectivity index (χ1v) is 8.32. The second-order valence-electron chi connectivity index (χ2n) is 6.13. The van der Waals surface area contributed by atoms with Gasteiger partial charge in [0.05, 0.1) is 12.9 Å². The second kappa shape index (κ2) is 7.23. The van der Waals surface area contributed by atoms with E-state index in [1.165, 1.54) is 7.11 Å². The van der Waals surface area contributed by atoms with Crippen LogP contribution in [0.25, 0.3) is 0 Å². The molecule has 7 heteroatoms. The smallest absolute Gasteiger partial charge is 0.421 e. The maximum atomic E-state index is 13.8. The predicted molar refractivity (Wildman–Crippen MR) is 92.7 cm³/mol. The van der Waals surface area contributed by atoms with Crippen LogP contribution in [0.2, 0.25) is 0 Å². The van der Waals surface area contributed by atoms with E-state index < -0.39 is 11.8 Å². The lowest BCUT2D eigenvalue weighted by Crippen LogP contribution is -2.42. The van der Waals surface area contributed by atoms with Gasteiger partial charge < -0.3 is 14.4 Å². The van der Waals surface area contributed by atoms with Crippen LogP contribution in [-0.2, 0) is 10.3 Å². The van der Waals surface area contributed by atoms with Crippen LogP contribution in [0.3, 0.4) is 0 Å². The molecule has 0 aromatic heterocycles. The van der Waals surface area contributed by atoms with Crippen molar-refractivity contribution < 1.29 is 22.6 Å². The zero-order valence-corrected chi connectivity index (χ0v) is 15.3. The molecule has 0 radical (unpaired) electrons. The van der Waals surface area contributed by atoms with Crippen LogP contribution in [0.4, 0.5) is 18.9 Å². The summed E-state index contributed by atoms with van der Waals surface area (Å²) in [5.41, 5.74) is -0.753. The number of aliphatic imine (C=N–C) groups is 1. The Morgan fingerprint density at radius 3 is 2.52 bits per heavy atom. The number of nitrogens with zero attached hydrogens (tertiary/aromatic N) is 2. The summed E-state index contributed by atoms with van der Waals surface area (Å²) in [5, 5.41) is 0. The fourth-order valence-electron chi connectivity index (χ4n) is 3.38. The average Bonchev–Trinajstić information content (AvgIpc) is 3.07. The number of hydrogen-bond donors (Lipinski definition) is 0. The largest absolute Gasteiger partial charge is 0.496 e. The van der Waals surface area contributed by atoms with Crippen molar-refractivity contribution in [3.8, 4) is 5.75 Å². The number of alkyl halides is 3.